The lowest BCUT2D eigenvalue weighted by molar-refractivity contribution is -0.117. The van der Waals surface area contributed by atoms with Gasteiger partial charge in [-0.2, -0.15) is 4.99 Å². The molecule has 154 valence electrons. The van der Waals surface area contributed by atoms with E-state index in [9.17, 15) is 13.2 Å². The summed E-state index contributed by atoms with van der Waals surface area (Å²) in [6.07, 6.45) is 0.130. The summed E-state index contributed by atoms with van der Waals surface area (Å²) >= 11 is 1.52. The van der Waals surface area contributed by atoms with E-state index in [1.165, 1.54) is 11.3 Å². The first-order valence-electron chi connectivity index (χ1n) is 9.83. The zero-order valence-corrected chi connectivity index (χ0v) is 18.5. The fraction of sp³-hybridized carbons (Fsp3) is 0.217. The highest BCUT2D eigenvalue weighted by Gasteiger charge is 2.13. The molecule has 30 heavy (non-hydrogen) atoms. The number of carbonyl (C=O) groups excluding carboxylic acids is 1. The second-order valence-corrected chi connectivity index (χ2v) is 10.2. The lowest BCUT2D eigenvalue weighted by atomic mass is 10.1. The van der Waals surface area contributed by atoms with Crippen LogP contribution >= 0.6 is 11.3 Å². The maximum Gasteiger partial charge on any atom is 0.252 e. The third kappa shape index (κ3) is 3.82. The van der Waals surface area contributed by atoms with E-state index in [0.29, 0.717) is 11.3 Å². The van der Waals surface area contributed by atoms with Crippen molar-refractivity contribution in [3.05, 3.63) is 71.0 Å². The number of nitrogens with zero attached hydrogens (tertiary/aromatic N) is 2. The molecule has 0 spiro atoms. The van der Waals surface area contributed by atoms with Crippen LogP contribution < -0.4 is 4.80 Å². The number of fused-ring (bicyclic) bond motifs is 3. The predicted molar refractivity (Wildman–Crippen MR) is 121 cm³/mol. The minimum Gasteiger partial charge on any atom is -0.317 e. The SMILES string of the molecule is CCn1c(=NC(=O)Cc2ccc(S(=O)(=O)CC)cc2)sc2c3ccccc3ccc21. The van der Waals surface area contributed by atoms with E-state index in [2.05, 4.69) is 33.8 Å². The number of aryl methyl sites for hydroxylation is 1. The van der Waals surface area contributed by atoms with Crippen molar-refractivity contribution >= 4 is 48.1 Å². The maximum atomic E-state index is 12.6. The van der Waals surface area contributed by atoms with Gasteiger partial charge < -0.3 is 4.57 Å². The van der Waals surface area contributed by atoms with Gasteiger partial charge in [0.15, 0.2) is 14.6 Å². The molecule has 1 heterocycles. The summed E-state index contributed by atoms with van der Waals surface area (Å²) in [5.74, 6) is -0.197. The number of carbonyl (C=O) groups is 1. The van der Waals surface area contributed by atoms with E-state index in [4.69, 9.17) is 0 Å². The molecule has 3 aromatic carbocycles. The molecule has 0 fully saturated rings. The normalized spacial score (nSPS) is 12.7. The molecule has 1 amide bonds. The van der Waals surface area contributed by atoms with E-state index < -0.39 is 9.84 Å². The first kappa shape index (κ1) is 20.5. The molecule has 0 saturated heterocycles. The number of hydrogen-bond acceptors (Lipinski definition) is 4. The molecule has 0 aliphatic heterocycles. The number of sulfone groups is 1. The average molecular weight is 439 g/mol. The van der Waals surface area contributed by atoms with Gasteiger partial charge >= 0.3 is 0 Å². The fourth-order valence-electron chi connectivity index (χ4n) is 3.49. The smallest absolute Gasteiger partial charge is 0.252 e. The van der Waals surface area contributed by atoms with Crippen molar-refractivity contribution in [3.8, 4) is 0 Å². The van der Waals surface area contributed by atoms with Gasteiger partial charge in [0.05, 0.1) is 27.3 Å². The van der Waals surface area contributed by atoms with E-state index in [0.717, 1.165) is 26.6 Å². The van der Waals surface area contributed by atoms with Crippen LogP contribution in [-0.2, 0) is 27.6 Å². The van der Waals surface area contributed by atoms with Crippen LogP contribution in [0.4, 0.5) is 0 Å². The summed E-state index contributed by atoms with van der Waals surface area (Å²) in [5, 5.41) is 2.32. The summed E-state index contributed by atoms with van der Waals surface area (Å²) in [6.45, 7) is 4.37. The van der Waals surface area contributed by atoms with Gasteiger partial charge in [-0.1, -0.05) is 60.7 Å². The molecule has 0 bridgehead atoms. The van der Waals surface area contributed by atoms with Crippen molar-refractivity contribution in [1.82, 2.24) is 4.57 Å². The molecule has 4 rings (SSSR count). The Labute approximate surface area is 179 Å². The van der Waals surface area contributed by atoms with E-state index in [-0.39, 0.29) is 23.0 Å². The largest absolute Gasteiger partial charge is 0.317 e. The highest BCUT2D eigenvalue weighted by atomic mass is 32.2. The van der Waals surface area contributed by atoms with Crippen molar-refractivity contribution in [1.29, 1.82) is 0 Å². The quantitative estimate of drug-likeness (QED) is 0.465. The highest BCUT2D eigenvalue weighted by molar-refractivity contribution is 7.91. The van der Waals surface area contributed by atoms with Crippen molar-refractivity contribution in [2.75, 3.05) is 5.75 Å². The summed E-state index contributed by atoms with van der Waals surface area (Å²) in [7, 11) is -3.24. The Bertz CT molecular complexity index is 1410. The van der Waals surface area contributed by atoms with Gasteiger partial charge in [0.25, 0.3) is 5.91 Å². The van der Waals surface area contributed by atoms with Gasteiger partial charge in [0.2, 0.25) is 0 Å². The molecule has 0 N–H and O–H groups in total. The minimum absolute atomic E-state index is 0.0538. The number of amides is 1. The molecule has 0 aliphatic carbocycles. The Morgan fingerprint density at radius 1 is 1.00 bits per heavy atom. The van der Waals surface area contributed by atoms with Crippen molar-refractivity contribution in [3.63, 3.8) is 0 Å². The monoisotopic (exact) mass is 438 g/mol. The fourth-order valence-corrected chi connectivity index (χ4v) is 5.62. The summed E-state index contributed by atoms with van der Waals surface area (Å²) in [6, 6.07) is 18.8. The molecule has 0 unspecified atom stereocenters. The third-order valence-electron chi connectivity index (χ3n) is 5.13. The number of rotatable bonds is 5. The molecule has 4 aromatic rings. The summed E-state index contributed by atoms with van der Waals surface area (Å²) < 4.78 is 27.1. The van der Waals surface area contributed by atoms with Crippen molar-refractivity contribution in [2.45, 2.75) is 31.7 Å². The minimum atomic E-state index is -3.24. The molecular weight excluding hydrogens is 416 g/mol. The van der Waals surface area contributed by atoms with Crippen LogP contribution in [-0.4, -0.2) is 24.6 Å². The first-order valence-corrected chi connectivity index (χ1v) is 12.3. The Kier molecular flexibility index (Phi) is 5.58. The van der Waals surface area contributed by atoms with E-state index in [1.807, 2.05) is 19.1 Å². The van der Waals surface area contributed by atoms with Crippen LogP contribution in [0, 0.1) is 0 Å². The molecule has 5 nitrogen and oxygen atoms in total. The predicted octanol–water partition coefficient (Wildman–Crippen LogP) is 4.34. The van der Waals surface area contributed by atoms with Gasteiger partial charge in [-0.3, -0.25) is 4.79 Å². The zero-order chi connectivity index (χ0) is 21.3. The topological polar surface area (TPSA) is 68.5 Å². The maximum absolute atomic E-state index is 12.6. The number of benzene rings is 3. The molecular formula is C23H22N2O3S2. The van der Waals surface area contributed by atoms with Gasteiger partial charge in [-0.05, 0) is 36.1 Å². The van der Waals surface area contributed by atoms with Crippen LogP contribution in [0.5, 0.6) is 0 Å². The van der Waals surface area contributed by atoms with Crippen LogP contribution in [0.15, 0.2) is 70.6 Å². The van der Waals surface area contributed by atoms with Gasteiger partial charge in [-0.25, -0.2) is 8.42 Å². The standard InChI is InChI=1S/C23H22N2O3S2/c1-3-25-20-14-11-17-7-5-6-8-19(17)22(20)29-23(25)24-21(26)15-16-9-12-18(13-10-16)30(27,28)4-2/h5-14H,3-4,15H2,1-2H3. The van der Waals surface area contributed by atoms with Crippen LogP contribution in [0.25, 0.3) is 21.0 Å². The number of aromatic nitrogens is 1. The zero-order valence-electron chi connectivity index (χ0n) is 16.8. The number of hydrogen-bond donors (Lipinski definition) is 0. The summed E-state index contributed by atoms with van der Waals surface area (Å²) in [4.78, 5) is 18.0. The second-order valence-electron chi connectivity index (χ2n) is 6.99. The van der Waals surface area contributed by atoms with Crippen LogP contribution in [0.3, 0.4) is 0 Å². The Balaban J connectivity index is 1.69. The van der Waals surface area contributed by atoms with Crippen LogP contribution in [0.2, 0.25) is 0 Å². The third-order valence-corrected chi connectivity index (χ3v) is 8.01. The first-order chi connectivity index (χ1) is 14.4. The van der Waals surface area contributed by atoms with Gasteiger partial charge in [0.1, 0.15) is 0 Å². The van der Waals surface area contributed by atoms with E-state index >= 15 is 0 Å². The molecule has 0 atom stereocenters. The Morgan fingerprint density at radius 2 is 1.73 bits per heavy atom. The van der Waals surface area contributed by atoms with Crippen LogP contribution in [0.1, 0.15) is 19.4 Å². The lowest BCUT2D eigenvalue weighted by Gasteiger charge is -2.03. The van der Waals surface area contributed by atoms with E-state index in [1.54, 1.807) is 31.2 Å². The molecule has 7 heteroatoms. The lowest BCUT2D eigenvalue weighted by Crippen LogP contribution is -2.16. The van der Waals surface area contributed by atoms with Gasteiger partial charge in [0, 0.05) is 11.9 Å². The average Bonchev–Trinajstić information content (AvgIpc) is 3.11. The summed E-state index contributed by atoms with van der Waals surface area (Å²) in [5.41, 5.74) is 1.82. The molecule has 0 aliphatic rings. The molecule has 1 aromatic heterocycles. The van der Waals surface area contributed by atoms with Crippen molar-refractivity contribution in [2.24, 2.45) is 4.99 Å². The van der Waals surface area contributed by atoms with Crippen molar-refractivity contribution < 1.29 is 13.2 Å². The van der Waals surface area contributed by atoms with Gasteiger partial charge in [-0.15, -0.1) is 0 Å². The number of thiazole rings is 1. The second kappa shape index (κ2) is 8.16. The Morgan fingerprint density at radius 3 is 2.43 bits per heavy atom. The molecule has 0 saturated carbocycles. The molecule has 0 radical (unpaired) electrons. The Hall–Kier alpha value is -2.77. The highest BCUT2D eigenvalue weighted by Crippen LogP contribution is 2.27.